The fraction of sp³-hybridized carbons (Fsp3) is 0.222. The van der Waals surface area contributed by atoms with Crippen LogP contribution in [0, 0.1) is 0 Å². The molecule has 1 aromatic heterocycles. The van der Waals surface area contributed by atoms with Crippen molar-refractivity contribution < 1.29 is 14.7 Å². The van der Waals surface area contributed by atoms with Crippen LogP contribution in [0.5, 0.6) is 0 Å². The number of aromatic nitrogens is 1. The summed E-state index contributed by atoms with van der Waals surface area (Å²) in [4.78, 5) is 31.8. The van der Waals surface area contributed by atoms with E-state index in [1.54, 1.807) is 42.7 Å². The quantitative estimate of drug-likeness (QED) is 0.362. The van der Waals surface area contributed by atoms with Crippen molar-refractivity contribution in [2.75, 3.05) is 0 Å². The first-order valence-electron chi connectivity index (χ1n) is 10.6. The minimum atomic E-state index is -0.690. The van der Waals surface area contributed by atoms with E-state index in [2.05, 4.69) is 25.8 Å². The molecule has 0 spiro atoms. The fourth-order valence-corrected chi connectivity index (χ4v) is 3.99. The molecule has 0 saturated carbocycles. The number of rotatable bonds is 4. The summed E-state index contributed by atoms with van der Waals surface area (Å²) >= 11 is 0. The first kappa shape index (κ1) is 21.5. The van der Waals surface area contributed by atoms with Crippen molar-refractivity contribution in [1.82, 2.24) is 9.88 Å². The Morgan fingerprint density at radius 1 is 0.969 bits per heavy atom. The summed E-state index contributed by atoms with van der Waals surface area (Å²) in [5.74, 6) is -1.47. The first-order chi connectivity index (χ1) is 15.3. The Kier molecular flexibility index (Phi) is 5.66. The molecule has 1 N–H and O–H groups in total. The minimum Gasteiger partial charge on any atom is -0.507 e. The summed E-state index contributed by atoms with van der Waals surface area (Å²) in [6.07, 6.45) is 3.34. The highest BCUT2D eigenvalue weighted by atomic mass is 16.3. The van der Waals surface area contributed by atoms with E-state index in [4.69, 9.17) is 0 Å². The highest BCUT2D eigenvalue weighted by molar-refractivity contribution is 6.46. The van der Waals surface area contributed by atoms with Crippen LogP contribution in [0.15, 0.2) is 84.7 Å². The van der Waals surface area contributed by atoms with E-state index in [-0.39, 0.29) is 23.3 Å². The Labute approximate surface area is 188 Å². The number of hydrogen-bond donors (Lipinski definition) is 1. The number of pyridine rings is 1. The lowest BCUT2D eigenvalue weighted by Crippen LogP contribution is -2.29. The van der Waals surface area contributed by atoms with Crippen molar-refractivity contribution >= 4 is 17.4 Å². The van der Waals surface area contributed by atoms with E-state index < -0.39 is 17.7 Å². The van der Waals surface area contributed by atoms with Gasteiger partial charge in [0.1, 0.15) is 5.76 Å². The molecule has 1 aliphatic heterocycles. The lowest BCUT2D eigenvalue weighted by molar-refractivity contribution is -0.140. The summed E-state index contributed by atoms with van der Waals surface area (Å²) in [5.41, 5.74) is 3.31. The van der Waals surface area contributed by atoms with Crippen LogP contribution in [0.25, 0.3) is 5.76 Å². The summed E-state index contributed by atoms with van der Waals surface area (Å²) < 4.78 is 0. The van der Waals surface area contributed by atoms with E-state index in [1.807, 2.05) is 36.4 Å². The van der Waals surface area contributed by atoms with Gasteiger partial charge in [0, 0.05) is 24.5 Å². The molecular formula is C27H26N2O3. The molecule has 2 heterocycles. The first-order valence-corrected chi connectivity index (χ1v) is 10.6. The average Bonchev–Trinajstić information content (AvgIpc) is 3.04. The van der Waals surface area contributed by atoms with Gasteiger partial charge in [0.2, 0.25) is 0 Å². The number of benzene rings is 2. The number of aliphatic hydroxyl groups excluding tert-OH is 1. The summed E-state index contributed by atoms with van der Waals surface area (Å²) in [7, 11) is 0. The van der Waals surface area contributed by atoms with Crippen LogP contribution in [-0.2, 0) is 21.5 Å². The van der Waals surface area contributed by atoms with Gasteiger partial charge in [-0.15, -0.1) is 0 Å². The predicted octanol–water partition coefficient (Wildman–Crippen LogP) is 5.00. The third-order valence-corrected chi connectivity index (χ3v) is 5.76. The van der Waals surface area contributed by atoms with Crippen LogP contribution in [-0.4, -0.2) is 26.7 Å². The molecule has 4 rings (SSSR count). The van der Waals surface area contributed by atoms with Crippen molar-refractivity contribution in [3.8, 4) is 0 Å². The molecule has 5 nitrogen and oxygen atoms in total. The zero-order chi connectivity index (χ0) is 22.9. The molecule has 3 aromatic rings. The monoisotopic (exact) mass is 426 g/mol. The molecule has 0 bridgehead atoms. The molecule has 0 unspecified atom stereocenters. The number of aliphatic hydroxyl groups is 1. The Morgan fingerprint density at radius 3 is 2.25 bits per heavy atom. The number of nitrogens with zero attached hydrogens (tertiary/aromatic N) is 2. The van der Waals surface area contributed by atoms with Gasteiger partial charge in [-0.3, -0.25) is 14.6 Å². The van der Waals surface area contributed by atoms with Crippen LogP contribution in [0.2, 0.25) is 0 Å². The Hall–Kier alpha value is -3.73. The van der Waals surface area contributed by atoms with Gasteiger partial charge in [-0.25, -0.2) is 0 Å². The van der Waals surface area contributed by atoms with E-state index in [0.717, 1.165) is 16.7 Å². The van der Waals surface area contributed by atoms with Gasteiger partial charge in [0.05, 0.1) is 11.6 Å². The van der Waals surface area contributed by atoms with Gasteiger partial charge in [0.25, 0.3) is 11.7 Å². The smallest absolute Gasteiger partial charge is 0.295 e. The fourth-order valence-electron chi connectivity index (χ4n) is 3.99. The normalized spacial score (nSPS) is 18.2. The number of carbonyl (C=O) groups is 2. The van der Waals surface area contributed by atoms with Gasteiger partial charge in [-0.05, 0) is 28.2 Å². The maximum Gasteiger partial charge on any atom is 0.295 e. The molecule has 1 amide bonds. The molecule has 1 fully saturated rings. The van der Waals surface area contributed by atoms with Gasteiger partial charge in [-0.2, -0.15) is 0 Å². The SMILES string of the molecule is CC(C)(C)c1ccc([C@H]2C(=C(O)c3ccccc3)C(=O)C(=O)N2Cc2cccnc2)cc1. The van der Waals surface area contributed by atoms with Crippen LogP contribution < -0.4 is 0 Å². The van der Waals surface area contributed by atoms with Crippen LogP contribution >= 0.6 is 0 Å². The van der Waals surface area contributed by atoms with Crippen molar-refractivity contribution in [3.05, 3.63) is 107 Å². The predicted molar refractivity (Wildman–Crippen MR) is 124 cm³/mol. The zero-order valence-electron chi connectivity index (χ0n) is 18.4. The van der Waals surface area contributed by atoms with Crippen molar-refractivity contribution in [2.24, 2.45) is 0 Å². The maximum absolute atomic E-state index is 13.1. The van der Waals surface area contributed by atoms with Gasteiger partial charge >= 0.3 is 0 Å². The summed E-state index contributed by atoms with van der Waals surface area (Å²) in [6.45, 7) is 6.61. The number of ketones is 1. The van der Waals surface area contributed by atoms with Crippen LogP contribution in [0.1, 0.15) is 49.1 Å². The highest BCUT2D eigenvalue weighted by Gasteiger charge is 2.46. The second-order valence-corrected chi connectivity index (χ2v) is 9.03. The topological polar surface area (TPSA) is 70.5 Å². The Bertz CT molecular complexity index is 1160. The molecule has 1 aliphatic rings. The summed E-state index contributed by atoms with van der Waals surface area (Å²) in [6, 6.07) is 19.7. The second kappa shape index (κ2) is 8.42. The number of likely N-dealkylation sites (tertiary alicyclic amines) is 1. The van der Waals surface area contributed by atoms with E-state index in [0.29, 0.717) is 5.56 Å². The molecule has 2 aromatic carbocycles. The van der Waals surface area contributed by atoms with Gasteiger partial charge < -0.3 is 10.0 Å². The van der Waals surface area contributed by atoms with Gasteiger partial charge in [-0.1, -0.05) is 81.4 Å². The number of amides is 1. The molecule has 1 saturated heterocycles. The van der Waals surface area contributed by atoms with Crippen LogP contribution in [0.4, 0.5) is 0 Å². The molecule has 1 atom stereocenters. The molecule has 0 aliphatic carbocycles. The maximum atomic E-state index is 13.1. The average molecular weight is 427 g/mol. The number of Topliss-reactive ketones (excluding diaryl/α,β-unsaturated/α-hetero) is 1. The van der Waals surface area contributed by atoms with E-state index in [1.165, 1.54) is 4.90 Å². The van der Waals surface area contributed by atoms with E-state index in [9.17, 15) is 14.7 Å². The zero-order valence-corrected chi connectivity index (χ0v) is 18.4. The number of carbonyl (C=O) groups excluding carboxylic acids is 2. The summed E-state index contributed by atoms with van der Waals surface area (Å²) in [5, 5.41) is 11.1. The lowest BCUT2D eigenvalue weighted by atomic mass is 9.85. The largest absolute Gasteiger partial charge is 0.507 e. The minimum absolute atomic E-state index is 0.0277. The molecular weight excluding hydrogens is 400 g/mol. The van der Waals surface area contributed by atoms with Crippen molar-refractivity contribution in [1.29, 1.82) is 0 Å². The standard InChI is InChI=1S/C27H26N2O3/c1-27(2,3)21-13-11-19(12-14-21)23-22(24(30)20-9-5-4-6-10-20)25(31)26(32)29(23)17-18-8-7-15-28-16-18/h4-16,23,30H,17H2,1-3H3/t23-/m0/s1. The van der Waals surface area contributed by atoms with E-state index >= 15 is 0 Å². The second-order valence-electron chi connectivity index (χ2n) is 9.03. The molecule has 0 radical (unpaired) electrons. The Balaban J connectivity index is 1.85. The number of hydrogen-bond acceptors (Lipinski definition) is 4. The van der Waals surface area contributed by atoms with Crippen LogP contribution in [0.3, 0.4) is 0 Å². The highest BCUT2D eigenvalue weighted by Crippen LogP contribution is 2.40. The lowest BCUT2D eigenvalue weighted by Gasteiger charge is -2.26. The van der Waals surface area contributed by atoms with Crippen molar-refractivity contribution in [2.45, 2.75) is 38.8 Å². The molecule has 5 heteroatoms. The third kappa shape index (κ3) is 4.06. The van der Waals surface area contributed by atoms with Crippen molar-refractivity contribution in [3.63, 3.8) is 0 Å². The third-order valence-electron chi connectivity index (χ3n) is 5.76. The van der Waals surface area contributed by atoms with Gasteiger partial charge in [0.15, 0.2) is 0 Å². The Morgan fingerprint density at radius 2 is 1.66 bits per heavy atom. The molecule has 32 heavy (non-hydrogen) atoms. The molecule has 162 valence electrons.